The van der Waals surface area contributed by atoms with Gasteiger partial charge in [0, 0.05) is 5.54 Å². The van der Waals surface area contributed by atoms with E-state index in [1.807, 2.05) is 0 Å². The van der Waals surface area contributed by atoms with Gasteiger partial charge in [0.25, 0.3) is 0 Å². The van der Waals surface area contributed by atoms with Crippen molar-refractivity contribution in [2.75, 3.05) is 0 Å². The number of hydrogen-bond acceptors (Lipinski definition) is 0. The van der Waals surface area contributed by atoms with Crippen LogP contribution >= 0.6 is 11.1 Å². The van der Waals surface area contributed by atoms with Gasteiger partial charge in [-0.15, -0.1) is 0 Å². The lowest BCUT2D eigenvalue weighted by Crippen LogP contribution is -2.28. The molecule has 1 aliphatic carbocycles. The second kappa shape index (κ2) is 6.64. The Hall–Kier alpha value is -1.31. The summed E-state index contributed by atoms with van der Waals surface area (Å²) in [6.45, 7) is 20.5. The summed E-state index contributed by atoms with van der Waals surface area (Å²) in [7, 11) is -1.88. The average molecular weight is 397 g/mol. The number of benzene rings is 2. The zero-order chi connectivity index (χ0) is 20.3. The molecule has 0 aliphatic heterocycles. The SMILES string of the molecule is CC1=Cc2c(cc(C(C)(C)C)c(C)c2-c2cc(C)cc(C)c2)C1[Si](C)(C)Cl. The van der Waals surface area contributed by atoms with Crippen LogP contribution in [0.1, 0.15) is 66.6 Å². The Kier molecular flexibility index (Phi) is 5.02. The lowest BCUT2D eigenvalue weighted by atomic mass is 9.78. The summed E-state index contributed by atoms with van der Waals surface area (Å²) >= 11 is 7.02. The number of aryl methyl sites for hydroxylation is 2. The number of allylic oxidation sites excluding steroid dienone is 1. The summed E-state index contributed by atoms with van der Waals surface area (Å²) in [5, 5.41) is 0. The summed E-state index contributed by atoms with van der Waals surface area (Å²) in [6.07, 6.45) is 2.41. The van der Waals surface area contributed by atoms with Crippen LogP contribution in [0.4, 0.5) is 0 Å². The van der Waals surface area contributed by atoms with Crippen LogP contribution in [0.5, 0.6) is 0 Å². The first-order valence-electron chi connectivity index (χ1n) is 9.94. The van der Waals surface area contributed by atoms with E-state index in [-0.39, 0.29) is 5.41 Å². The molecule has 2 aromatic carbocycles. The van der Waals surface area contributed by atoms with Crippen molar-refractivity contribution in [1.29, 1.82) is 0 Å². The van der Waals surface area contributed by atoms with E-state index in [1.54, 1.807) is 0 Å². The number of halogens is 1. The van der Waals surface area contributed by atoms with Crippen molar-refractivity contribution in [1.82, 2.24) is 0 Å². The second-order valence-corrected chi connectivity index (χ2v) is 16.6. The molecular weight excluding hydrogens is 364 g/mol. The number of rotatable bonds is 2. The van der Waals surface area contributed by atoms with Crippen molar-refractivity contribution < 1.29 is 0 Å². The van der Waals surface area contributed by atoms with Gasteiger partial charge in [-0.2, -0.15) is 11.1 Å². The third-order valence-corrected chi connectivity index (χ3v) is 8.60. The van der Waals surface area contributed by atoms with E-state index in [1.165, 1.54) is 50.1 Å². The summed E-state index contributed by atoms with van der Waals surface area (Å²) < 4.78 is 0. The van der Waals surface area contributed by atoms with Crippen LogP contribution in [0.2, 0.25) is 13.1 Å². The fraction of sp³-hybridized carbons (Fsp3) is 0.440. The average Bonchev–Trinajstić information content (AvgIpc) is 2.79. The first-order valence-corrected chi connectivity index (χ1v) is 14.0. The highest BCUT2D eigenvalue weighted by Gasteiger charge is 2.39. The Balaban J connectivity index is 2.42. The molecule has 2 heteroatoms. The molecule has 0 aromatic heterocycles. The molecule has 0 nitrogen and oxygen atoms in total. The standard InChI is InChI=1S/C25H33ClSi/c1-15-10-16(2)12-19(11-15)23-18(4)22(25(5,6)7)14-21-20(23)13-17(3)24(21)27(8,9)26/h10-14,24H,1-9H3. The topological polar surface area (TPSA) is 0 Å². The maximum atomic E-state index is 7.02. The smallest absolute Gasteiger partial charge is 0.161 e. The number of hydrogen-bond donors (Lipinski definition) is 0. The lowest BCUT2D eigenvalue weighted by molar-refractivity contribution is 0.585. The monoisotopic (exact) mass is 396 g/mol. The van der Waals surface area contributed by atoms with Crippen LogP contribution in [0, 0.1) is 20.8 Å². The molecule has 2 aromatic rings. The first-order chi connectivity index (χ1) is 12.3. The van der Waals surface area contributed by atoms with Gasteiger partial charge in [0.15, 0.2) is 7.38 Å². The lowest BCUT2D eigenvalue weighted by Gasteiger charge is -2.30. The Morgan fingerprint density at radius 1 is 0.889 bits per heavy atom. The van der Waals surface area contributed by atoms with Gasteiger partial charge in [-0.1, -0.05) is 80.9 Å². The largest absolute Gasteiger partial charge is 0.167 e. The van der Waals surface area contributed by atoms with Crippen LogP contribution in [0.3, 0.4) is 0 Å². The summed E-state index contributed by atoms with van der Waals surface area (Å²) in [6, 6.07) is 9.39. The summed E-state index contributed by atoms with van der Waals surface area (Å²) in [5.41, 5.74) is 13.0. The van der Waals surface area contributed by atoms with E-state index in [0.29, 0.717) is 5.54 Å². The van der Waals surface area contributed by atoms with Crippen LogP contribution in [0.25, 0.3) is 17.2 Å². The van der Waals surface area contributed by atoms with E-state index in [4.69, 9.17) is 11.1 Å². The predicted molar refractivity (Wildman–Crippen MR) is 125 cm³/mol. The van der Waals surface area contributed by atoms with Crippen molar-refractivity contribution in [2.24, 2.45) is 0 Å². The summed E-state index contributed by atoms with van der Waals surface area (Å²) in [4.78, 5) is 0. The molecule has 1 atom stereocenters. The highest BCUT2D eigenvalue weighted by Crippen LogP contribution is 2.49. The minimum Gasteiger partial charge on any atom is -0.167 e. The molecular formula is C25H33ClSi. The first kappa shape index (κ1) is 20.4. The van der Waals surface area contributed by atoms with Gasteiger partial charge < -0.3 is 0 Å². The molecule has 0 spiro atoms. The van der Waals surface area contributed by atoms with Crippen molar-refractivity contribution in [3.63, 3.8) is 0 Å². The fourth-order valence-corrected chi connectivity index (χ4v) is 7.97. The van der Waals surface area contributed by atoms with Gasteiger partial charge in [0.2, 0.25) is 0 Å². The highest BCUT2D eigenvalue weighted by atomic mass is 35.6. The van der Waals surface area contributed by atoms with Crippen LogP contribution < -0.4 is 0 Å². The van der Waals surface area contributed by atoms with Gasteiger partial charge in [-0.3, -0.25) is 0 Å². The maximum absolute atomic E-state index is 7.02. The molecule has 0 fully saturated rings. The van der Waals surface area contributed by atoms with Gasteiger partial charge in [0.1, 0.15) is 0 Å². The predicted octanol–water partition coefficient (Wildman–Crippen LogP) is 8.06. The molecule has 0 amide bonds. The zero-order valence-electron chi connectivity index (χ0n) is 18.3. The zero-order valence-corrected chi connectivity index (χ0v) is 20.1. The molecule has 1 aliphatic rings. The van der Waals surface area contributed by atoms with Crippen molar-refractivity contribution >= 4 is 24.5 Å². The molecule has 0 saturated carbocycles. The third-order valence-electron chi connectivity index (χ3n) is 5.80. The fourth-order valence-electron chi connectivity index (χ4n) is 4.95. The van der Waals surface area contributed by atoms with E-state index in [9.17, 15) is 0 Å². The van der Waals surface area contributed by atoms with E-state index < -0.39 is 7.38 Å². The quantitative estimate of drug-likeness (QED) is 0.355. The van der Waals surface area contributed by atoms with E-state index >= 15 is 0 Å². The Labute approximate surface area is 171 Å². The van der Waals surface area contributed by atoms with Crippen molar-refractivity contribution in [3.8, 4) is 11.1 Å². The van der Waals surface area contributed by atoms with Crippen LogP contribution in [0.15, 0.2) is 29.8 Å². The molecule has 144 valence electrons. The van der Waals surface area contributed by atoms with Crippen molar-refractivity contribution in [3.05, 3.63) is 63.2 Å². The Bertz CT molecular complexity index is 916. The van der Waals surface area contributed by atoms with E-state index in [2.05, 4.69) is 91.9 Å². The van der Waals surface area contributed by atoms with Gasteiger partial charge >= 0.3 is 0 Å². The molecule has 0 heterocycles. The minimum atomic E-state index is -1.88. The van der Waals surface area contributed by atoms with Crippen molar-refractivity contribution in [2.45, 2.75) is 72.5 Å². The molecule has 1 unspecified atom stereocenters. The molecule has 3 rings (SSSR count). The molecule has 27 heavy (non-hydrogen) atoms. The molecule has 0 saturated heterocycles. The van der Waals surface area contributed by atoms with E-state index in [0.717, 1.165) is 0 Å². The molecule has 0 N–H and O–H groups in total. The maximum Gasteiger partial charge on any atom is 0.161 e. The van der Waals surface area contributed by atoms with Crippen LogP contribution in [-0.2, 0) is 5.41 Å². The Morgan fingerprint density at radius 2 is 1.44 bits per heavy atom. The number of fused-ring (bicyclic) bond motifs is 1. The molecule has 0 bridgehead atoms. The highest BCUT2D eigenvalue weighted by molar-refractivity contribution is 7.20. The van der Waals surface area contributed by atoms with Gasteiger partial charge in [0.05, 0.1) is 0 Å². The summed E-state index contributed by atoms with van der Waals surface area (Å²) in [5.74, 6) is 0. The van der Waals surface area contributed by atoms with Gasteiger partial charge in [-0.05, 0) is 66.5 Å². The van der Waals surface area contributed by atoms with Crippen LogP contribution in [-0.4, -0.2) is 7.38 Å². The normalized spacial score (nSPS) is 17.1. The molecule has 0 radical (unpaired) electrons. The van der Waals surface area contributed by atoms with Gasteiger partial charge in [-0.25, -0.2) is 0 Å². The Morgan fingerprint density at radius 3 is 1.93 bits per heavy atom. The minimum absolute atomic E-state index is 0.103. The third kappa shape index (κ3) is 3.69. The second-order valence-electron chi connectivity index (χ2n) is 9.94.